The topological polar surface area (TPSA) is 86.3 Å². The molecule has 8 nitrogen and oxygen atoms in total. The molecule has 0 aliphatic carbocycles. The maximum atomic E-state index is 13.6. The van der Waals surface area contributed by atoms with Crippen LogP contribution >= 0.6 is 11.3 Å². The Kier molecular flexibility index (Phi) is 6.23. The first kappa shape index (κ1) is 22.2. The Labute approximate surface area is 194 Å². The number of amides is 2. The average Bonchev–Trinajstić information content (AvgIpc) is 3.44. The number of carbonyl (C=O) groups is 2. The van der Waals surface area contributed by atoms with Gasteiger partial charge in [-0.3, -0.25) is 9.59 Å². The van der Waals surface area contributed by atoms with E-state index < -0.39 is 11.8 Å². The first-order valence-corrected chi connectivity index (χ1v) is 10.8. The molecular formula is C24H22N2O6S. The molecule has 1 aromatic heterocycles. The summed E-state index contributed by atoms with van der Waals surface area (Å²) < 4.78 is 21.3. The van der Waals surface area contributed by atoms with E-state index in [2.05, 4.69) is 5.32 Å². The molecule has 2 heterocycles. The van der Waals surface area contributed by atoms with E-state index in [4.69, 9.17) is 18.9 Å². The van der Waals surface area contributed by atoms with Crippen molar-refractivity contribution in [1.29, 1.82) is 0 Å². The van der Waals surface area contributed by atoms with E-state index in [0.717, 1.165) is 4.90 Å². The largest absolute Gasteiger partial charge is 0.497 e. The molecule has 33 heavy (non-hydrogen) atoms. The highest BCUT2D eigenvalue weighted by atomic mass is 32.1. The summed E-state index contributed by atoms with van der Waals surface area (Å²) in [6, 6.07) is 13.7. The molecule has 2 amide bonds. The number of nitrogens with one attached hydrogen (secondary N) is 1. The standard InChI is InChI=1S/C24H22N2O6S/c1-29-16-11-15(12-17(13-16)30-2)26-23(27)21(20-6-5-9-33-20)22(24(26)28)25-14-7-8-18(31-3)19(10-14)32-4/h5-13,25H,1-4H3. The Morgan fingerprint density at radius 1 is 0.788 bits per heavy atom. The third-order valence-electron chi connectivity index (χ3n) is 5.10. The van der Waals surface area contributed by atoms with Crippen molar-refractivity contribution in [3.05, 3.63) is 64.5 Å². The molecule has 9 heteroatoms. The lowest BCUT2D eigenvalue weighted by Crippen LogP contribution is -2.32. The molecule has 2 aromatic carbocycles. The number of anilines is 2. The first-order valence-electron chi connectivity index (χ1n) is 9.89. The lowest BCUT2D eigenvalue weighted by atomic mass is 10.1. The van der Waals surface area contributed by atoms with Crippen molar-refractivity contribution >= 4 is 40.1 Å². The van der Waals surface area contributed by atoms with Gasteiger partial charge in [-0.1, -0.05) is 6.07 Å². The predicted octanol–water partition coefficient (Wildman–Crippen LogP) is 4.18. The highest BCUT2D eigenvalue weighted by Gasteiger charge is 2.41. The molecule has 1 N–H and O–H groups in total. The average molecular weight is 467 g/mol. The molecule has 0 radical (unpaired) electrons. The normalized spacial score (nSPS) is 13.4. The van der Waals surface area contributed by atoms with Gasteiger partial charge in [-0.05, 0) is 23.6 Å². The number of imide groups is 1. The number of nitrogens with zero attached hydrogens (tertiary/aromatic N) is 1. The predicted molar refractivity (Wildman–Crippen MR) is 126 cm³/mol. The highest BCUT2D eigenvalue weighted by Crippen LogP contribution is 2.39. The smallest absolute Gasteiger partial charge is 0.282 e. The summed E-state index contributed by atoms with van der Waals surface area (Å²) in [5.74, 6) is 1.03. The fourth-order valence-corrected chi connectivity index (χ4v) is 4.28. The molecule has 1 aliphatic heterocycles. The van der Waals surface area contributed by atoms with Crippen LogP contribution in [0.3, 0.4) is 0 Å². The molecule has 0 saturated carbocycles. The van der Waals surface area contributed by atoms with Gasteiger partial charge in [0, 0.05) is 34.8 Å². The third-order valence-corrected chi connectivity index (χ3v) is 5.99. The van der Waals surface area contributed by atoms with E-state index >= 15 is 0 Å². The van der Waals surface area contributed by atoms with Crippen molar-refractivity contribution < 1.29 is 28.5 Å². The van der Waals surface area contributed by atoms with Crippen LogP contribution in [0.4, 0.5) is 11.4 Å². The van der Waals surface area contributed by atoms with E-state index in [1.807, 2.05) is 11.4 Å². The van der Waals surface area contributed by atoms with Crippen molar-refractivity contribution in [3.8, 4) is 23.0 Å². The molecule has 0 unspecified atom stereocenters. The van der Waals surface area contributed by atoms with E-state index in [1.165, 1.54) is 32.7 Å². The van der Waals surface area contributed by atoms with Gasteiger partial charge in [0.25, 0.3) is 11.8 Å². The zero-order valence-corrected chi connectivity index (χ0v) is 19.3. The van der Waals surface area contributed by atoms with Crippen LogP contribution in [0.15, 0.2) is 59.6 Å². The minimum Gasteiger partial charge on any atom is -0.497 e. The summed E-state index contributed by atoms with van der Waals surface area (Å²) in [6.07, 6.45) is 0. The van der Waals surface area contributed by atoms with E-state index in [0.29, 0.717) is 39.2 Å². The summed E-state index contributed by atoms with van der Waals surface area (Å²) in [6.45, 7) is 0. The fraction of sp³-hybridized carbons (Fsp3) is 0.167. The summed E-state index contributed by atoms with van der Waals surface area (Å²) in [5.41, 5.74) is 1.37. The molecule has 0 spiro atoms. The molecule has 0 fully saturated rings. The minimum atomic E-state index is -0.492. The van der Waals surface area contributed by atoms with Crippen LogP contribution in [0, 0.1) is 0 Å². The molecule has 170 valence electrons. The second-order valence-electron chi connectivity index (χ2n) is 6.94. The quantitative estimate of drug-likeness (QED) is 0.499. The molecule has 1 aliphatic rings. The van der Waals surface area contributed by atoms with E-state index in [9.17, 15) is 9.59 Å². The van der Waals surface area contributed by atoms with E-state index in [1.54, 1.807) is 49.6 Å². The number of hydrogen-bond acceptors (Lipinski definition) is 8. The van der Waals surface area contributed by atoms with Crippen LogP contribution in [-0.4, -0.2) is 40.3 Å². The maximum absolute atomic E-state index is 13.6. The number of benzene rings is 2. The number of methoxy groups -OCH3 is 4. The fourth-order valence-electron chi connectivity index (χ4n) is 3.51. The van der Waals surface area contributed by atoms with Crippen LogP contribution in [0.1, 0.15) is 4.88 Å². The summed E-state index contributed by atoms with van der Waals surface area (Å²) in [4.78, 5) is 28.9. The summed E-state index contributed by atoms with van der Waals surface area (Å²) in [5, 5.41) is 4.97. The van der Waals surface area contributed by atoms with Crippen LogP contribution < -0.4 is 29.2 Å². The van der Waals surface area contributed by atoms with Gasteiger partial charge in [-0.2, -0.15) is 0 Å². The first-order chi connectivity index (χ1) is 16.0. The Morgan fingerprint density at radius 2 is 1.48 bits per heavy atom. The van der Waals surface area contributed by atoms with Crippen molar-refractivity contribution in [2.75, 3.05) is 38.7 Å². The van der Waals surface area contributed by atoms with Crippen molar-refractivity contribution in [3.63, 3.8) is 0 Å². The Bertz CT molecular complexity index is 1210. The number of carbonyl (C=O) groups excluding carboxylic acids is 2. The van der Waals surface area contributed by atoms with Crippen LogP contribution in [0.5, 0.6) is 23.0 Å². The van der Waals surface area contributed by atoms with Gasteiger partial charge in [0.2, 0.25) is 0 Å². The van der Waals surface area contributed by atoms with Crippen molar-refractivity contribution in [2.24, 2.45) is 0 Å². The third kappa shape index (κ3) is 4.10. The molecule has 0 saturated heterocycles. The Morgan fingerprint density at radius 3 is 2.06 bits per heavy atom. The molecule has 0 atom stereocenters. The SMILES string of the molecule is COc1cc(OC)cc(N2C(=O)C(Nc3ccc(OC)c(OC)c3)=C(c3cccs3)C2=O)c1. The van der Waals surface area contributed by atoms with Crippen molar-refractivity contribution in [2.45, 2.75) is 0 Å². The lowest BCUT2D eigenvalue weighted by Gasteiger charge is -2.17. The monoisotopic (exact) mass is 466 g/mol. The van der Waals surface area contributed by atoms with Crippen LogP contribution in [0.2, 0.25) is 0 Å². The van der Waals surface area contributed by atoms with Crippen LogP contribution in [0.25, 0.3) is 5.57 Å². The molecular weight excluding hydrogens is 444 g/mol. The number of hydrogen-bond donors (Lipinski definition) is 1. The van der Waals surface area contributed by atoms with Gasteiger partial charge < -0.3 is 24.3 Å². The zero-order valence-electron chi connectivity index (χ0n) is 18.5. The molecule has 3 aromatic rings. The van der Waals surface area contributed by atoms with Crippen molar-refractivity contribution in [1.82, 2.24) is 0 Å². The second-order valence-corrected chi connectivity index (χ2v) is 7.89. The Balaban J connectivity index is 1.79. The van der Waals surface area contributed by atoms with Gasteiger partial charge in [0.15, 0.2) is 11.5 Å². The molecule has 0 bridgehead atoms. The molecule has 4 rings (SSSR count). The number of ether oxygens (including phenoxy) is 4. The highest BCUT2D eigenvalue weighted by molar-refractivity contribution is 7.11. The lowest BCUT2D eigenvalue weighted by molar-refractivity contribution is -0.120. The Hall–Kier alpha value is -3.98. The second kappa shape index (κ2) is 9.25. The number of thiophene rings is 1. The van der Waals surface area contributed by atoms with E-state index in [-0.39, 0.29) is 11.3 Å². The van der Waals surface area contributed by atoms with Gasteiger partial charge in [0.1, 0.15) is 17.2 Å². The summed E-state index contributed by atoms with van der Waals surface area (Å²) >= 11 is 1.37. The zero-order chi connectivity index (χ0) is 23.5. The van der Waals surface area contributed by atoms with Gasteiger partial charge >= 0.3 is 0 Å². The van der Waals surface area contributed by atoms with Gasteiger partial charge in [-0.25, -0.2) is 4.90 Å². The van der Waals surface area contributed by atoms with Gasteiger partial charge in [0.05, 0.1) is 39.7 Å². The van der Waals surface area contributed by atoms with Gasteiger partial charge in [-0.15, -0.1) is 11.3 Å². The summed E-state index contributed by atoms with van der Waals surface area (Å²) in [7, 11) is 6.08. The van der Waals surface area contributed by atoms with Crippen LogP contribution in [-0.2, 0) is 9.59 Å². The maximum Gasteiger partial charge on any atom is 0.282 e. The number of rotatable bonds is 8. The minimum absolute atomic E-state index is 0.163.